The lowest BCUT2D eigenvalue weighted by atomic mass is 10.1. The first-order valence-corrected chi connectivity index (χ1v) is 11.5. The Labute approximate surface area is 203 Å². The maximum Gasteiger partial charge on any atom is 0.315 e. The monoisotopic (exact) mass is 473 g/mol. The summed E-state index contributed by atoms with van der Waals surface area (Å²) in [7, 11) is 0. The second-order valence-electron chi connectivity index (χ2n) is 8.64. The smallest absolute Gasteiger partial charge is 0.315 e. The van der Waals surface area contributed by atoms with E-state index in [-0.39, 0.29) is 23.8 Å². The molecule has 35 heavy (non-hydrogen) atoms. The Hall–Kier alpha value is -4.20. The summed E-state index contributed by atoms with van der Waals surface area (Å²) >= 11 is 0. The first-order valence-electron chi connectivity index (χ1n) is 11.5. The quantitative estimate of drug-likeness (QED) is 0.351. The van der Waals surface area contributed by atoms with Gasteiger partial charge in [-0.3, -0.25) is 4.79 Å². The average Bonchev–Trinajstić information content (AvgIpc) is 3.25. The largest absolute Gasteiger partial charge is 0.343 e. The van der Waals surface area contributed by atoms with Crippen LogP contribution in [0.15, 0.2) is 79.1 Å². The maximum absolute atomic E-state index is 13.5. The van der Waals surface area contributed by atoms with E-state index in [1.807, 2.05) is 42.7 Å². The molecule has 0 aliphatic heterocycles. The predicted octanol–water partition coefficient (Wildman–Crippen LogP) is 4.55. The highest BCUT2D eigenvalue weighted by molar-refractivity contribution is 5.94. The van der Waals surface area contributed by atoms with Gasteiger partial charge in [0.15, 0.2) is 0 Å². The van der Waals surface area contributed by atoms with E-state index >= 15 is 0 Å². The van der Waals surface area contributed by atoms with Crippen molar-refractivity contribution < 1.29 is 14.0 Å². The van der Waals surface area contributed by atoms with Crippen LogP contribution in [0.1, 0.15) is 41.4 Å². The van der Waals surface area contributed by atoms with E-state index in [9.17, 15) is 14.0 Å². The van der Waals surface area contributed by atoms with Gasteiger partial charge in [0.05, 0.1) is 23.4 Å². The van der Waals surface area contributed by atoms with Crippen LogP contribution in [0.4, 0.5) is 9.18 Å². The van der Waals surface area contributed by atoms with Crippen LogP contribution < -0.4 is 16.0 Å². The molecule has 7 nitrogen and oxygen atoms in total. The molecule has 180 valence electrons. The summed E-state index contributed by atoms with van der Waals surface area (Å²) in [6.07, 6.45) is 1.74. The lowest BCUT2D eigenvalue weighted by Crippen LogP contribution is -2.39. The molecule has 1 atom stereocenters. The molecule has 3 aromatic carbocycles. The maximum atomic E-state index is 13.5. The van der Waals surface area contributed by atoms with Crippen LogP contribution in [0.25, 0.3) is 11.0 Å². The highest BCUT2D eigenvalue weighted by Gasteiger charge is 2.18. The molecule has 0 radical (unpaired) electrons. The zero-order chi connectivity index (χ0) is 24.8. The molecule has 3 amide bonds. The molecule has 0 unspecified atom stereocenters. The molecule has 0 saturated heterocycles. The first kappa shape index (κ1) is 23.9. The van der Waals surface area contributed by atoms with Gasteiger partial charge in [-0.05, 0) is 61.4 Å². The van der Waals surface area contributed by atoms with Crippen LogP contribution in [0, 0.1) is 5.82 Å². The standard InChI is InChI=1S/C27H28FN5O2/c1-18(2)31-27(35)29-15-19-7-9-21(10-8-19)26(34)32-24(20-11-13-22(28)14-12-20)16-33-17-30-23-5-3-4-6-25(23)33/h3-14,17-18,24H,15-16H2,1-2H3,(H,32,34)(H2,29,31,35)/t24-/m0/s1. The molecule has 8 heteroatoms. The molecule has 4 aromatic rings. The second-order valence-corrected chi connectivity index (χ2v) is 8.64. The number of carbonyl (C=O) groups excluding carboxylic acids is 2. The van der Waals surface area contributed by atoms with Gasteiger partial charge < -0.3 is 20.5 Å². The van der Waals surface area contributed by atoms with E-state index in [2.05, 4.69) is 20.9 Å². The number of hydrogen-bond donors (Lipinski definition) is 3. The normalized spacial score (nSPS) is 11.9. The summed E-state index contributed by atoms with van der Waals surface area (Å²) in [5.74, 6) is -0.584. The Morgan fingerprint density at radius 2 is 1.66 bits per heavy atom. The van der Waals surface area contributed by atoms with Crippen molar-refractivity contribution in [3.8, 4) is 0 Å². The van der Waals surface area contributed by atoms with Crippen LogP contribution in [0.5, 0.6) is 0 Å². The number of amides is 3. The highest BCUT2D eigenvalue weighted by Crippen LogP contribution is 2.20. The molecule has 0 aliphatic carbocycles. The Balaban J connectivity index is 1.48. The molecule has 1 aromatic heterocycles. The van der Waals surface area contributed by atoms with Crippen molar-refractivity contribution in [2.24, 2.45) is 0 Å². The van der Waals surface area contributed by atoms with E-state index in [1.54, 1.807) is 42.7 Å². The molecule has 1 heterocycles. The van der Waals surface area contributed by atoms with E-state index in [4.69, 9.17) is 0 Å². The van der Waals surface area contributed by atoms with Crippen molar-refractivity contribution in [1.29, 1.82) is 0 Å². The van der Waals surface area contributed by atoms with Crippen LogP contribution in [-0.2, 0) is 13.1 Å². The minimum absolute atomic E-state index is 0.0513. The van der Waals surface area contributed by atoms with Crippen molar-refractivity contribution in [3.63, 3.8) is 0 Å². The van der Waals surface area contributed by atoms with Gasteiger partial charge in [-0.2, -0.15) is 0 Å². The van der Waals surface area contributed by atoms with Gasteiger partial charge in [0.25, 0.3) is 5.91 Å². The number of carbonyl (C=O) groups is 2. The van der Waals surface area contributed by atoms with E-state index in [1.165, 1.54) is 12.1 Å². The molecule has 0 aliphatic rings. The van der Waals surface area contributed by atoms with E-state index in [0.717, 1.165) is 22.2 Å². The minimum Gasteiger partial charge on any atom is -0.343 e. The molecule has 4 rings (SSSR count). The summed E-state index contributed by atoms with van der Waals surface area (Å²) in [6, 6.07) is 20.4. The van der Waals surface area contributed by atoms with Crippen LogP contribution in [0.2, 0.25) is 0 Å². The van der Waals surface area contributed by atoms with E-state index in [0.29, 0.717) is 18.7 Å². The lowest BCUT2D eigenvalue weighted by molar-refractivity contribution is 0.0933. The summed E-state index contributed by atoms with van der Waals surface area (Å²) < 4.78 is 15.5. The highest BCUT2D eigenvalue weighted by atomic mass is 19.1. The van der Waals surface area contributed by atoms with Crippen molar-refractivity contribution in [2.45, 2.75) is 39.0 Å². The molecule has 3 N–H and O–H groups in total. The number of rotatable bonds is 8. The lowest BCUT2D eigenvalue weighted by Gasteiger charge is -2.20. The number of imidazole rings is 1. The number of hydrogen-bond acceptors (Lipinski definition) is 3. The number of fused-ring (bicyclic) bond motifs is 1. The van der Waals surface area contributed by atoms with Gasteiger partial charge in [-0.25, -0.2) is 14.2 Å². The Kier molecular flexibility index (Phi) is 7.40. The summed E-state index contributed by atoms with van der Waals surface area (Å²) in [6.45, 7) is 4.57. The van der Waals surface area contributed by atoms with Crippen LogP contribution in [0.3, 0.4) is 0 Å². The van der Waals surface area contributed by atoms with Crippen molar-refractivity contribution in [2.75, 3.05) is 0 Å². The van der Waals surface area contributed by atoms with Gasteiger partial charge in [0.1, 0.15) is 5.82 Å². The molecular weight excluding hydrogens is 445 g/mol. The number of para-hydroxylation sites is 2. The Morgan fingerprint density at radius 1 is 0.943 bits per heavy atom. The Bertz CT molecular complexity index is 1300. The molecular formula is C27H28FN5O2. The van der Waals surface area contributed by atoms with Gasteiger partial charge >= 0.3 is 6.03 Å². The fourth-order valence-corrected chi connectivity index (χ4v) is 3.79. The fourth-order valence-electron chi connectivity index (χ4n) is 3.79. The Morgan fingerprint density at radius 3 is 2.37 bits per heavy atom. The van der Waals surface area contributed by atoms with Crippen molar-refractivity contribution in [1.82, 2.24) is 25.5 Å². The third-order valence-corrected chi connectivity index (χ3v) is 5.57. The number of urea groups is 1. The third kappa shape index (κ3) is 6.23. The second kappa shape index (κ2) is 10.8. The zero-order valence-electron chi connectivity index (χ0n) is 19.7. The summed E-state index contributed by atoms with van der Waals surface area (Å²) in [5.41, 5.74) is 3.97. The van der Waals surface area contributed by atoms with Gasteiger partial charge in [-0.1, -0.05) is 36.4 Å². The number of nitrogens with one attached hydrogen (secondary N) is 3. The number of aromatic nitrogens is 2. The van der Waals surface area contributed by atoms with Gasteiger partial charge in [0.2, 0.25) is 0 Å². The van der Waals surface area contributed by atoms with Crippen molar-refractivity contribution >= 4 is 23.0 Å². The number of halogens is 1. The third-order valence-electron chi connectivity index (χ3n) is 5.57. The van der Waals surface area contributed by atoms with Gasteiger partial charge in [0, 0.05) is 24.7 Å². The molecule has 0 saturated carbocycles. The first-order chi connectivity index (χ1) is 16.9. The topological polar surface area (TPSA) is 88.0 Å². The number of nitrogens with zero attached hydrogens (tertiary/aromatic N) is 2. The zero-order valence-corrected chi connectivity index (χ0v) is 19.7. The fraction of sp³-hybridized carbons (Fsp3) is 0.222. The molecule has 0 fully saturated rings. The SMILES string of the molecule is CC(C)NC(=O)NCc1ccc(C(=O)N[C@@H](Cn2cnc3ccccc32)c2ccc(F)cc2)cc1. The predicted molar refractivity (Wildman–Crippen MR) is 133 cm³/mol. The number of benzene rings is 3. The van der Waals surface area contributed by atoms with Gasteiger partial charge in [-0.15, -0.1) is 0 Å². The minimum atomic E-state index is -0.401. The average molecular weight is 474 g/mol. The summed E-state index contributed by atoms with van der Waals surface area (Å²) in [4.78, 5) is 29.3. The molecule has 0 bridgehead atoms. The summed E-state index contributed by atoms with van der Waals surface area (Å²) in [5, 5.41) is 8.63. The van der Waals surface area contributed by atoms with E-state index < -0.39 is 6.04 Å². The molecule has 0 spiro atoms. The van der Waals surface area contributed by atoms with Crippen molar-refractivity contribution in [3.05, 3.63) is 102 Å². The van der Waals surface area contributed by atoms with Crippen LogP contribution in [-0.4, -0.2) is 27.5 Å². The van der Waals surface area contributed by atoms with Crippen LogP contribution >= 0.6 is 0 Å².